The van der Waals surface area contributed by atoms with Gasteiger partial charge in [0.05, 0.1) is 26.4 Å². The molecule has 19 heteroatoms. The van der Waals surface area contributed by atoms with Crippen LogP contribution >= 0.6 is 15.6 Å². The van der Waals surface area contributed by atoms with Gasteiger partial charge in [0.15, 0.2) is 12.2 Å². The molecule has 7 atom stereocenters. The van der Waals surface area contributed by atoms with Gasteiger partial charge in [-0.2, -0.15) is 0 Å². The Morgan fingerprint density at radius 2 is 0.515 bits per heavy atom. The van der Waals surface area contributed by atoms with Crippen molar-refractivity contribution >= 4 is 39.5 Å². The molecule has 588 valence electrons. The Morgan fingerprint density at radius 1 is 0.293 bits per heavy atom. The van der Waals surface area contributed by atoms with Gasteiger partial charge in [-0.25, -0.2) is 9.13 Å². The van der Waals surface area contributed by atoms with Gasteiger partial charge in [0.25, 0.3) is 0 Å². The molecule has 0 saturated carbocycles. The first-order valence-corrected chi connectivity index (χ1v) is 44.4. The van der Waals surface area contributed by atoms with Crippen molar-refractivity contribution in [1.82, 2.24) is 0 Å². The number of carbonyl (C=O) groups is 4. The largest absolute Gasteiger partial charge is 0.472 e. The molecule has 0 heterocycles. The van der Waals surface area contributed by atoms with Gasteiger partial charge in [0.2, 0.25) is 0 Å². The molecule has 0 radical (unpaired) electrons. The van der Waals surface area contributed by atoms with Crippen molar-refractivity contribution in [2.75, 3.05) is 39.6 Å². The number of hydrogen-bond donors (Lipinski definition) is 3. The third-order valence-corrected chi connectivity index (χ3v) is 21.3. The summed E-state index contributed by atoms with van der Waals surface area (Å²) in [5.41, 5.74) is 0. The van der Waals surface area contributed by atoms with Gasteiger partial charge in [-0.15, -0.1) is 0 Å². The van der Waals surface area contributed by atoms with Crippen LogP contribution in [-0.2, 0) is 65.4 Å². The molecular weight excluding hydrogens is 1290 g/mol. The number of carbonyl (C=O) groups excluding carboxylic acids is 4. The summed E-state index contributed by atoms with van der Waals surface area (Å²) in [4.78, 5) is 73.0. The molecule has 99 heavy (non-hydrogen) atoms. The van der Waals surface area contributed by atoms with Crippen LogP contribution in [0.4, 0.5) is 0 Å². The molecule has 3 N–H and O–H groups in total. The van der Waals surface area contributed by atoms with Crippen molar-refractivity contribution in [2.45, 2.75) is 433 Å². The molecule has 0 aromatic rings. The molecule has 0 saturated heterocycles. The zero-order valence-corrected chi connectivity index (χ0v) is 66.8. The minimum atomic E-state index is -4.96. The van der Waals surface area contributed by atoms with Crippen molar-refractivity contribution in [2.24, 2.45) is 17.8 Å². The molecule has 0 bridgehead atoms. The standard InChI is InChI=1S/C80H156O17P2/c1-8-11-12-13-14-15-16-17-18-19-20-21-22-23-24-25-26-27-32-42-49-56-63-79(84)96-75(67-90-77(82)61-54-47-40-31-29-28-30-37-44-51-58-71(4)5)69-94-98(86,87)92-65-74(81)66-93-99(88,89)95-70-76(97-80(85)64-57-50-43-36-34-39-46-53-60-73(7)10-3)68-91-78(83)62-55-48-41-35-33-38-45-52-59-72(6)9-2/h71-76,81H,8-70H2,1-7H3,(H,86,87)(H,88,89)/t72?,73?,74-,75-,76-/m1/s1. The van der Waals surface area contributed by atoms with Crippen LogP contribution in [0.15, 0.2) is 0 Å². The first-order valence-electron chi connectivity index (χ1n) is 41.4. The van der Waals surface area contributed by atoms with Crippen LogP contribution < -0.4 is 0 Å². The highest BCUT2D eigenvalue weighted by Crippen LogP contribution is 2.45. The maximum Gasteiger partial charge on any atom is 0.472 e. The number of esters is 4. The molecule has 0 amide bonds. The Bertz CT molecular complexity index is 1930. The van der Waals surface area contributed by atoms with Crippen LogP contribution in [0.1, 0.15) is 414 Å². The van der Waals surface area contributed by atoms with Crippen LogP contribution in [0.5, 0.6) is 0 Å². The van der Waals surface area contributed by atoms with Crippen molar-refractivity contribution in [3.8, 4) is 0 Å². The number of rotatable bonds is 78. The topological polar surface area (TPSA) is 237 Å². The zero-order valence-electron chi connectivity index (χ0n) is 65.0. The number of aliphatic hydroxyl groups is 1. The fraction of sp³-hybridized carbons (Fsp3) is 0.950. The second-order valence-electron chi connectivity index (χ2n) is 29.8. The Hall–Kier alpha value is -1.94. The Morgan fingerprint density at radius 3 is 0.768 bits per heavy atom. The Labute approximate surface area is 607 Å². The van der Waals surface area contributed by atoms with E-state index >= 15 is 0 Å². The van der Waals surface area contributed by atoms with E-state index in [0.717, 1.165) is 108 Å². The third-order valence-electron chi connectivity index (χ3n) is 19.4. The highest BCUT2D eigenvalue weighted by molar-refractivity contribution is 7.47. The third kappa shape index (κ3) is 71.5. The van der Waals surface area contributed by atoms with Gasteiger partial charge in [0, 0.05) is 25.7 Å². The van der Waals surface area contributed by atoms with Crippen molar-refractivity contribution in [3.63, 3.8) is 0 Å². The van der Waals surface area contributed by atoms with Crippen LogP contribution in [-0.4, -0.2) is 96.7 Å². The van der Waals surface area contributed by atoms with Crippen LogP contribution in [0.3, 0.4) is 0 Å². The summed E-state index contributed by atoms with van der Waals surface area (Å²) in [6, 6.07) is 0. The lowest BCUT2D eigenvalue weighted by atomic mass is 9.99. The number of phosphoric ester groups is 2. The van der Waals surface area contributed by atoms with Gasteiger partial charge in [-0.1, -0.05) is 363 Å². The Kier molecular flexibility index (Phi) is 69.0. The average molecular weight is 1450 g/mol. The van der Waals surface area contributed by atoms with Crippen molar-refractivity contribution in [1.29, 1.82) is 0 Å². The molecule has 0 spiro atoms. The number of phosphoric acid groups is 2. The Balaban J connectivity index is 5.21. The van der Waals surface area contributed by atoms with Crippen LogP contribution in [0.25, 0.3) is 0 Å². The fourth-order valence-electron chi connectivity index (χ4n) is 12.2. The lowest BCUT2D eigenvalue weighted by Gasteiger charge is -2.21. The van der Waals surface area contributed by atoms with E-state index in [2.05, 4.69) is 48.5 Å². The summed E-state index contributed by atoms with van der Waals surface area (Å²) in [6.07, 6.45) is 58.3. The molecule has 0 aliphatic rings. The van der Waals surface area contributed by atoms with E-state index in [1.807, 2.05) is 0 Å². The predicted molar refractivity (Wildman–Crippen MR) is 405 cm³/mol. The van der Waals surface area contributed by atoms with E-state index in [0.29, 0.717) is 25.7 Å². The van der Waals surface area contributed by atoms with Gasteiger partial charge < -0.3 is 33.8 Å². The normalized spacial score (nSPS) is 14.5. The van der Waals surface area contributed by atoms with E-state index in [1.165, 1.54) is 225 Å². The van der Waals surface area contributed by atoms with Crippen molar-refractivity contribution in [3.05, 3.63) is 0 Å². The first-order chi connectivity index (χ1) is 47.8. The van der Waals surface area contributed by atoms with Crippen LogP contribution in [0, 0.1) is 17.8 Å². The summed E-state index contributed by atoms with van der Waals surface area (Å²) in [7, 11) is -9.92. The number of unbranched alkanes of at least 4 members (excludes halogenated alkanes) is 44. The van der Waals surface area contributed by atoms with E-state index in [9.17, 15) is 43.2 Å². The molecule has 0 aromatic carbocycles. The van der Waals surface area contributed by atoms with Crippen LogP contribution in [0.2, 0.25) is 0 Å². The molecule has 0 aliphatic heterocycles. The quantitative estimate of drug-likeness (QED) is 0.0222. The van der Waals surface area contributed by atoms with E-state index in [-0.39, 0.29) is 25.7 Å². The lowest BCUT2D eigenvalue weighted by molar-refractivity contribution is -0.161. The van der Waals surface area contributed by atoms with Gasteiger partial charge in [-0.3, -0.25) is 37.3 Å². The number of hydrogen-bond acceptors (Lipinski definition) is 15. The van der Waals surface area contributed by atoms with Gasteiger partial charge in [0.1, 0.15) is 19.3 Å². The maximum absolute atomic E-state index is 13.1. The van der Waals surface area contributed by atoms with E-state index in [4.69, 9.17) is 37.0 Å². The zero-order chi connectivity index (χ0) is 73.0. The first kappa shape index (κ1) is 97.1. The smallest absolute Gasteiger partial charge is 0.462 e. The molecule has 17 nitrogen and oxygen atoms in total. The summed E-state index contributed by atoms with van der Waals surface area (Å²) >= 11 is 0. The second kappa shape index (κ2) is 70.4. The highest BCUT2D eigenvalue weighted by Gasteiger charge is 2.30. The van der Waals surface area contributed by atoms with Crippen molar-refractivity contribution < 1.29 is 80.2 Å². The molecule has 0 rings (SSSR count). The number of ether oxygens (including phenoxy) is 4. The van der Waals surface area contributed by atoms with Gasteiger partial charge in [-0.05, 0) is 43.4 Å². The monoisotopic (exact) mass is 1450 g/mol. The molecular formula is C80H156O17P2. The minimum absolute atomic E-state index is 0.104. The molecule has 0 fully saturated rings. The second-order valence-corrected chi connectivity index (χ2v) is 32.7. The number of aliphatic hydroxyl groups excluding tert-OH is 1. The minimum Gasteiger partial charge on any atom is -0.462 e. The maximum atomic E-state index is 13.1. The molecule has 0 aromatic heterocycles. The fourth-order valence-corrected chi connectivity index (χ4v) is 13.8. The summed E-state index contributed by atoms with van der Waals surface area (Å²) in [6.45, 7) is 11.9. The molecule has 4 unspecified atom stereocenters. The van der Waals surface area contributed by atoms with Gasteiger partial charge >= 0.3 is 39.5 Å². The summed E-state index contributed by atoms with van der Waals surface area (Å²) in [5, 5.41) is 10.6. The average Bonchev–Trinajstić information content (AvgIpc) is 1.12. The molecule has 0 aliphatic carbocycles. The lowest BCUT2D eigenvalue weighted by Crippen LogP contribution is -2.30. The predicted octanol–water partition coefficient (Wildman–Crippen LogP) is 23.7. The van der Waals surface area contributed by atoms with E-state index < -0.39 is 97.5 Å². The van der Waals surface area contributed by atoms with E-state index in [1.54, 1.807) is 0 Å². The SMILES string of the molecule is CCCCCCCCCCCCCCCCCCCCCCCCC(=O)O[C@H](COC(=O)CCCCCCCCCCCCC(C)C)COP(=O)(O)OC[C@@H](O)COP(=O)(O)OC[C@@H](COC(=O)CCCCCCCCCCC(C)CC)OC(=O)CCCCCCCCCCC(C)CC. The summed E-state index contributed by atoms with van der Waals surface area (Å²) < 4.78 is 68.7. The highest BCUT2D eigenvalue weighted by atomic mass is 31.2. The summed E-state index contributed by atoms with van der Waals surface area (Å²) in [5.74, 6) is 0.189.